The number of ether oxygens (including phenoxy) is 1. The van der Waals surface area contributed by atoms with E-state index in [2.05, 4.69) is 31.0 Å². The molecular weight excluding hydrogens is 212 g/mol. The second-order valence-electron chi connectivity index (χ2n) is 5.12. The van der Waals surface area contributed by atoms with Crippen molar-refractivity contribution in [3.8, 4) is 0 Å². The highest BCUT2D eigenvalue weighted by molar-refractivity contribution is 4.72. The number of rotatable bonds is 9. The predicted molar refractivity (Wildman–Crippen MR) is 73.5 cm³/mol. The van der Waals surface area contributed by atoms with E-state index in [4.69, 9.17) is 4.74 Å². The van der Waals surface area contributed by atoms with Crippen LogP contribution in [-0.4, -0.2) is 49.8 Å². The summed E-state index contributed by atoms with van der Waals surface area (Å²) in [6.45, 7) is 12.3. The standard InChI is InChI=1S/C14H30N2O/c1-4-6-9-16(5-2)13(3)11-15-12-14-8-7-10-17-14/h13-15H,4-12H2,1-3H3. The molecule has 0 aromatic heterocycles. The lowest BCUT2D eigenvalue weighted by atomic mass is 10.2. The zero-order valence-corrected chi connectivity index (χ0v) is 11.9. The highest BCUT2D eigenvalue weighted by atomic mass is 16.5. The highest BCUT2D eigenvalue weighted by Gasteiger charge is 2.16. The first-order chi connectivity index (χ1) is 8.27. The summed E-state index contributed by atoms with van der Waals surface area (Å²) >= 11 is 0. The van der Waals surface area contributed by atoms with Crippen molar-refractivity contribution in [2.45, 2.75) is 58.6 Å². The molecular formula is C14H30N2O. The summed E-state index contributed by atoms with van der Waals surface area (Å²) in [7, 11) is 0. The summed E-state index contributed by atoms with van der Waals surface area (Å²) in [6.07, 6.45) is 5.53. The van der Waals surface area contributed by atoms with E-state index >= 15 is 0 Å². The van der Waals surface area contributed by atoms with Crippen LogP contribution in [0.4, 0.5) is 0 Å². The zero-order valence-electron chi connectivity index (χ0n) is 11.9. The Morgan fingerprint density at radius 1 is 1.41 bits per heavy atom. The highest BCUT2D eigenvalue weighted by Crippen LogP contribution is 2.10. The number of likely N-dealkylation sites (N-methyl/N-ethyl adjacent to an activating group) is 1. The van der Waals surface area contributed by atoms with Gasteiger partial charge in [-0.05, 0) is 39.3 Å². The molecule has 1 aliphatic rings. The minimum absolute atomic E-state index is 0.466. The van der Waals surface area contributed by atoms with Crippen LogP contribution >= 0.6 is 0 Å². The van der Waals surface area contributed by atoms with Gasteiger partial charge in [0.05, 0.1) is 6.10 Å². The molecule has 0 spiro atoms. The van der Waals surface area contributed by atoms with Crippen molar-refractivity contribution in [1.29, 1.82) is 0 Å². The lowest BCUT2D eigenvalue weighted by Gasteiger charge is -2.28. The average molecular weight is 242 g/mol. The molecule has 1 heterocycles. The Kier molecular flexibility index (Phi) is 7.82. The number of hydrogen-bond donors (Lipinski definition) is 1. The minimum Gasteiger partial charge on any atom is -0.377 e. The molecule has 0 aromatic carbocycles. The van der Waals surface area contributed by atoms with E-state index < -0.39 is 0 Å². The summed E-state index contributed by atoms with van der Waals surface area (Å²) < 4.78 is 5.61. The van der Waals surface area contributed by atoms with E-state index in [0.29, 0.717) is 12.1 Å². The maximum Gasteiger partial charge on any atom is 0.0700 e. The smallest absolute Gasteiger partial charge is 0.0700 e. The van der Waals surface area contributed by atoms with Gasteiger partial charge in [0.2, 0.25) is 0 Å². The largest absolute Gasteiger partial charge is 0.377 e. The molecule has 3 heteroatoms. The van der Waals surface area contributed by atoms with Crippen LogP contribution in [0, 0.1) is 0 Å². The first-order valence-corrected chi connectivity index (χ1v) is 7.34. The Labute approximate surface area is 107 Å². The van der Waals surface area contributed by atoms with Crippen molar-refractivity contribution >= 4 is 0 Å². The predicted octanol–water partition coefficient (Wildman–Crippen LogP) is 2.27. The van der Waals surface area contributed by atoms with Crippen LogP contribution in [0.25, 0.3) is 0 Å². The number of nitrogens with one attached hydrogen (secondary N) is 1. The molecule has 3 nitrogen and oxygen atoms in total. The second-order valence-corrected chi connectivity index (χ2v) is 5.12. The molecule has 2 atom stereocenters. The van der Waals surface area contributed by atoms with Crippen molar-refractivity contribution in [1.82, 2.24) is 10.2 Å². The van der Waals surface area contributed by atoms with Crippen molar-refractivity contribution in [2.75, 3.05) is 32.8 Å². The van der Waals surface area contributed by atoms with Crippen molar-refractivity contribution < 1.29 is 4.74 Å². The van der Waals surface area contributed by atoms with Crippen LogP contribution in [0.5, 0.6) is 0 Å². The van der Waals surface area contributed by atoms with E-state index in [1.54, 1.807) is 0 Å². The molecule has 102 valence electrons. The Bertz CT molecular complexity index is 181. The van der Waals surface area contributed by atoms with Crippen molar-refractivity contribution in [3.05, 3.63) is 0 Å². The quantitative estimate of drug-likeness (QED) is 0.671. The first kappa shape index (κ1) is 14.9. The van der Waals surface area contributed by atoms with Crippen LogP contribution < -0.4 is 5.32 Å². The summed E-state index contributed by atoms with van der Waals surface area (Å²) in [5.41, 5.74) is 0. The van der Waals surface area contributed by atoms with Gasteiger partial charge in [0, 0.05) is 25.7 Å². The third-order valence-corrected chi connectivity index (χ3v) is 3.66. The van der Waals surface area contributed by atoms with E-state index in [0.717, 1.165) is 26.2 Å². The maximum absolute atomic E-state index is 5.61. The van der Waals surface area contributed by atoms with E-state index in [1.807, 2.05) is 0 Å². The van der Waals surface area contributed by atoms with Gasteiger partial charge in [-0.15, -0.1) is 0 Å². The SMILES string of the molecule is CCCCN(CC)C(C)CNCC1CCCO1. The van der Waals surface area contributed by atoms with Gasteiger partial charge in [-0.2, -0.15) is 0 Å². The van der Waals surface area contributed by atoms with Gasteiger partial charge in [-0.25, -0.2) is 0 Å². The Balaban J connectivity index is 2.10. The van der Waals surface area contributed by atoms with E-state index in [1.165, 1.54) is 32.2 Å². The summed E-state index contributed by atoms with van der Waals surface area (Å²) in [5, 5.41) is 3.55. The van der Waals surface area contributed by atoms with E-state index in [-0.39, 0.29) is 0 Å². The summed E-state index contributed by atoms with van der Waals surface area (Å²) in [5.74, 6) is 0. The maximum atomic E-state index is 5.61. The average Bonchev–Trinajstić information content (AvgIpc) is 2.83. The minimum atomic E-state index is 0.466. The van der Waals surface area contributed by atoms with Crippen LogP contribution in [0.15, 0.2) is 0 Å². The van der Waals surface area contributed by atoms with Crippen LogP contribution in [-0.2, 0) is 4.74 Å². The lowest BCUT2D eigenvalue weighted by molar-refractivity contribution is 0.107. The Morgan fingerprint density at radius 3 is 2.82 bits per heavy atom. The molecule has 0 radical (unpaired) electrons. The van der Waals surface area contributed by atoms with Gasteiger partial charge in [-0.1, -0.05) is 20.3 Å². The third kappa shape index (κ3) is 5.84. The van der Waals surface area contributed by atoms with Crippen molar-refractivity contribution in [2.24, 2.45) is 0 Å². The zero-order chi connectivity index (χ0) is 12.5. The molecule has 1 fully saturated rings. The van der Waals surface area contributed by atoms with Gasteiger partial charge in [-0.3, -0.25) is 4.90 Å². The molecule has 2 unspecified atom stereocenters. The number of unbranched alkanes of at least 4 members (excludes halogenated alkanes) is 1. The molecule has 1 aliphatic heterocycles. The van der Waals surface area contributed by atoms with Crippen LogP contribution in [0.2, 0.25) is 0 Å². The number of hydrogen-bond acceptors (Lipinski definition) is 3. The fourth-order valence-electron chi connectivity index (χ4n) is 2.44. The Hall–Kier alpha value is -0.120. The molecule has 17 heavy (non-hydrogen) atoms. The fraction of sp³-hybridized carbons (Fsp3) is 1.00. The summed E-state index contributed by atoms with van der Waals surface area (Å²) in [6, 6.07) is 0.632. The van der Waals surface area contributed by atoms with E-state index in [9.17, 15) is 0 Å². The molecule has 1 saturated heterocycles. The first-order valence-electron chi connectivity index (χ1n) is 7.34. The lowest BCUT2D eigenvalue weighted by Crippen LogP contribution is -2.42. The molecule has 0 bridgehead atoms. The number of nitrogens with zero attached hydrogens (tertiary/aromatic N) is 1. The van der Waals surface area contributed by atoms with Gasteiger partial charge >= 0.3 is 0 Å². The van der Waals surface area contributed by atoms with Gasteiger partial charge in [0.15, 0.2) is 0 Å². The van der Waals surface area contributed by atoms with Gasteiger partial charge in [0.25, 0.3) is 0 Å². The molecule has 0 saturated carbocycles. The molecule has 0 aromatic rings. The Morgan fingerprint density at radius 2 is 2.24 bits per heavy atom. The second kappa shape index (κ2) is 8.90. The molecule has 0 aliphatic carbocycles. The summed E-state index contributed by atoms with van der Waals surface area (Å²) in [4.78, 5) is 2.56. The van der Waals surface area contributed by atoms with Gasteiger partial charge in [0.1, 0.15) is 0 Å². The van der Waals surface area contributed by atoms with Crippen LogP contribution in [0.1, 0.15) is 46.5 Å². The van der Waals surface area contributed by atoms with Crippen LogP contribution in [0.3, 0.4) is 0 Å². The molecule has 0 amide bonds. The topological polar surface area (TPSA) is 24.5 Å². The molecule has 1 N–H and O–H groups in total. The third-order valence-electron chi connectivity index (χ3n) is 3.66. The van der Waals surface area contributed by atoms with Crippen molar-refractivity contribution in [3.63, 3.8) is 0 Å². The molecule has 1 rings (SSSR count). The normalized spacial score (nSPS) is 22.2. The fourth-order valence-corrected chi connectivity index (χ4v) is 2.44. The monoisotopic (exact) mass is 242 g/mol. The van der Waals surface area contributed by atoms with Gasteiger partial charge < -0.3 is 10.1 Å².